The van der Waals surface area contributed by atoms with E-state index in [1.807, 2.05) is 24.2 Å². The van der Waals surface area contributed by atoms with E-state index < -0.39 is 12.0 Å². The number of benzene rings is 1. The standard InChI is InChI=1S/C23H28FN3O4S/c1-5-26(6-2)19(28)13-18-14-32-23-25-15(3)20(22(29)31-12-11-30-4)21(27(18)23)16-7-9-17(24)10-8-16/h7-10,14,21H,5-6,11-13H2,1-4H3. The van der Waals surface area contributed by atoms with Gasteiger partial charge in [0.25, 0.3) is 0 Å². The number of allylic oxidation sites excluding steroid dienone is 1. The van der Waals surface area contributed by atoms with Crippen LogP contribution in [0.2, 0.25) is 0 Å². The van der Waals surface area contributed by atoms with Crippen molar-refractivity contribution in [2.75, 3.05) is 33.4 Å². The summed E-state index contributed by atoms with van der Waals surface area (Å²) in [7, 11) is 1.53. The number of methoxy groups -OCH3 is 1. The maximum atomic E-state index is 13.7. The summed E-state index contributed by atoms with van der Waals surface area (Å²) in [6, 6.07) is 5.43. The van der Waals surface area contributed by atoms with Crippen LogP contribution in [0, 0.1) is 5.82 Å². The monoisotopic (exact) mass is 461 g/mol. The van der Waals surface area contributed by atoms with E-state index in [2.05, 4.69) is 4.99 Å². The molecule has 0 spiro atoms. The maximum Gasteiger partial charge on any atom is 0.338 e. The number of ether oxygens (including phenoxy) is 2. The lowest BCUT2D eigenvalue weighted by Gasteiger charge is -2.36. The Kier molecular flexibility index (Phi) is 8.09. The van der Waals surface area contributed by atoms with Gasteiger partial charge >= 0.3 is 5.97 Å². The molecule has 0 aromatic heterocycles. The van der Waals surface area contributed by atoms with E-state index in [0.29, 0.717) is 35.1 Å². The Bertz CT molecular complexity index is 954. The third-order valence-corrected chi connectivity index (χ3v) is 6.26. The second-order valence-electron chi connectivity index (χ2n) is 7.32. The molecule has 1 atom stereocenters. The zero-order chi connectivity index (χ0) is 23.3. The van der Waals surface area contributed by atoms with Crippen molar-refractivity contribution in [3.8, 4) is 0 Å². The smallest absolute Gasteiger partial charge is 0.338 e. The molecule has 7 nitrogen and oxygen atoms in total. The largest absolute Gasteiger partial charge is 0.460 e. The summed E-state index contributed by atoms with van der Waals surface area (Å²) in [4.78, 5) is 34.1. The molecule has 0 radical (unpaired) electrons. The van der Waals surface area contributed by atoms with Gasteiger partial charge in [0, 0.05) is 25.9 Å². The van der Waals surface area contributed by atoms with Gasteiger partial charge in [-0.2, -0.15) is 0 Å². The van der Waals surface area contributed by atoms with Crippen molar-refractivity contribution in [3.05, 3.63) is 58.0 Å². The van der Waals surface area contributed by atoms with Gasteiger partial charge in [-0.25, -0.2) is 14.2 Å². The second kappa shape index (κ2) is 10.8. The molecule has 1 amide bonds. The summed E-state index contributed by atoms with van der Waals surface area (Å²) in [5.74, 6) is -0.883. The molecular weight excluding hydrogens is 433 g/mol. The molecular formula is C23H28FN3O4S. The molecule has 3 rings (SSSR count). The van der Waals surface area contributed by atoms with Crippen molar-refractivity contribution < 1.29 is 23.5 Å². The second-order valence-corrected chi connectivity index (χ2v) is 8.15. The first-order valence-electron chi connectivity index (χ1n) is 10.5. The molecule has 0 bridgehead atoms. The van der Waals surface area contributed by atoms with E-state index in [1.165, 1.54) is 31.0 Å². The molecule has 1 unspecified atom stereocenters. The summed E-state index contributed by atoms with van der Waals surface area (Å²) in [6.07, 6.45) is 0.177. The van der Waals surface area contributed by atoms with Gasteiger partial charge in [-0.05, 0) is 43.9 Å². The van der Waals surface area contributed by atoms with Crippen LogP contribution in [0.4, 0.5) is 4.39 Å². The third kappa shape index (κ3) is 5.05. The van der Waals surface area contributed by atoms with Gasteiger partial charge in [0.05, 0.1) is 30.3 Å². The fourth-order valence-electron chi connectivity index (χ4n) is 3.73. The number of amides is 1. The van der Waals surface area contributed by atoms with E-state index in [1.54, 1.807) is 24.0 Å². The van der Waals surface area contributed by atoms with Crippen LogP contribution < -0.4 is 0 Å². The summed E-state index contributed by atoms with van der Waals surface area (Å²) in [6.45, 7) is 7.26. The molecule has 2 heterocycles. The van der Waals surface area contributed by atoms with Gasteiger partial charge in [-0.3, -0.25) is 4.79 Å². The number of amidine groups is 1. The van der Waals surface area contributed by atoms with E-state index in [-0.39, 0.29) is 31.4 Å². The topological polar surface area (TPSA) is 71.4 Å². The Morgan fingerprint density at radius 3 is 2.50 bits per heavy atom. The highest BCUT2D eigenvalue weighted by atomic mass is 32.2. The van der Waals surface area contributed by atoms with E-state index in [4.69, 9.17) is 9.47 Å². The highest BCUT2D eigenvalue weighted by Crippen LogP contribution is 2.44. The van der Waals surface area contributed by atoms with Crippen LogP contribution in [0.25, 0.3) is 0 Å². The number of thioether (sulfide) groups is 1. The first-order valence-corrected chi connectivity index (χ1v) is 11.4. The predicted octanol–water partition coefficient (Wildman–Crippen LogP) is 3.85. The normalized spacial score (nSPS) is 17.7. The number of hydrogen-bond donors (Lipinski definition) is 0. The van der Waals surface area contributed by atoms with Crippen molar-refractivity contribution in [2.45, 2.75) is 33.2 Å². The quantitative estimate of drug-likeness (QED) is 0.411. The van der Waals surface area contributed by atoms with E-state index in [0.717, 1.165) is 5.70 Å². The predicted molar refractivity (Wildman–Crippen MR) is 122 cm³/mol. The Morgan fingerprint density at radius 2 is 1.88 bits per heavy atom. The molecule has 1 aromatic rings. The molecule has 9 heteroatoms. The van der Waals surface area contributed by atoms with Crippen molar-refractivity contribution in [1.82, 2.24) is 9.80 Å². The molecule has 0 saturated heterocycles. The maximum absolute atomic E-state index is 13.7. The minimum absolute atomic E-state index is 0.00328. The lowest BCUT2D eigenvalue weighted by Crippen LogP contribution is -2.39. The first-order chi connectivity index (χ1) is 15.4. The van der Waals surface area contributed by atoms with Crippen LogP contribution in [-0.2, 0) is 19.1 Å². The summed E-state index contributed by atoms with van der Waals surface area (Å²) in [5, 5.41) is 2.57. The van der Waals surface area contributed by atoms with Crippen LogP contribution in [0.15, 0.2) is 51.6 Å². The minimum atomic E-state index is -0.580. The minimum Gasteiger partial charge on any atom is -0.460 e. The molecule has 32 heavy (non-hydrogen) atoms. The number of fused-ring (bicyclic) bond motifs is 1. The zero-order valence-corrected chi connectivity index (χ0v) is 19.6. The van der Waals surface area contributed by atoms with E-state index >= 15 is 0 Å². The SMILES string of the molecule is CCN(CC)C(=O)CC1=CSC2=NC(C)=C(C(=O)OCCOC)C(c3ccc(F)cc3)N12. The number of hydrogen-bond acceptors (Lipinski definition) is 7. The van der Waals surface area contributed by atoms with Crippen LogP contribution in [0.5, 0.6) is 0 Å². The molecule has 1 aromatic carbocycles. The molecule has 0 aliphatic carbocycles. The van der Waals surface area contributed by atoms with E-state index in [9.17, 15) is 14.0 Å². The van der Waals surface area contributed by atoms with Crippen molar-refractivity contribution >= 4 is 28.8 Å². The average Bonchev–Trinajstić information content (AvgIpc) is 3.16. The van der Waals surface area contributed by atoms with Crippen molar-refractivity contribution in [1.29, 1.82) is 0 Å². The van der Waals surface area contributed by atoms with Gasteiger partial charge in [-0.15, -0.1) is 0 Å². The number of halogens is 1. The molecule has 0 saturated carbocycles. The number of aliphatic imine (C=N–C) groups is 1. The van der Waals surface area contributed by atoms with Gasteiger partial charge in [0.15, 0.2) is 5.17 Å². The highest BCUT2D eigenvalue weighted by Gasteiger charge is 2.41. The number of carbonyl (C=O) groups is 2. The summed E-state index contributed by atoms with van der Waals surface area (Å²) < 4.78 is 24.0. The fourth-order valence-corrected chi connectivity index (χ4v) is 4.69. The Hall–Kier alpha value is -2.65. The van der Waals surface area contributed by atoms with Crippen LogP contribution >= 0.6 is 11.8 Å². The molecule has 172 valence electrons. The van der Waals surface area contributed by atoms with Gasteiger partial charge in [0.1, 0.15) is 12.4 Å². The number of carbonyl (C=O) groups excluding carboxylic acids is 2. The van der Waals surface area contributed by atoms with Crippen LogP contribution in [0.3, 0.4) is 0 Å². The van der Waals surface area contributed by atoms with Gasteiger partial charge < -0.3 is 19.3 Å². The molecule has 2 aliphatic rings. The van der Waals surface area contributed by atoms with Crippen molar-refractivity contribution in [3.63, 3.8) is 0 Å². The number of nitrogens with zero attached hydrogens (tertiary/aromatic N) is 3. The molecule has 0 fully saturated rings. The average molecular weight is 462 g/mol. The Balaban J connectivity index is 1.99. The Morgan fingerprint density at radius 1 is 1.19 bits per heavy atom. The van der Waals surface area contributed by atoms with Gasteiger partial charge in [0.2, 0.25) is 5.91 Å². The van der Waals surface area contributed by atoms with Crippen LogP contribution in [0.1, 0.15) is 38.8 Å². The van der Waals surface area contributed by atoms with Crippen molar-refractivity contribution in [2.24, 2.45) is 4.99 Å². The fraction of sp³-hybridized carbons (Fsp3) is 0.435. The van der Waals surface area contributed by atoms with Gasteiger partial charge in [-0.1, -0.05) is 23.9 Å². The first kappa shape index (κ1) is 24.0. The number of esters is 1. The summed E-state index contributed by atoms with van der Waals surface area (Å²) >= 11 is 1.41. The lowest BCUT2D eigenvalue weighted by molar-refractivity contribution is -0.141. The number of rotatable bonds is 9. The van der Waals surface area contributed by atoms with Crippen LogP contribution in [-0.4, -0.2) is 60.3 Å². The highest BCUT2D eigenvalue weighted by molar-refractivity contribution is 8.16. The molecule has 2 aliphatic heterocycles. The molecule has 0 N–H and O–H groups in total. The lowest BCUT2D eigenvalue weighted by atomic mass is 9.94. The summed E-state index contributed by atoms with van der Waals surface area (Å²) in [5.41, 5.74) is 2.35. The zero-order valence-electron chi connectivity index (χ0n) is 18.8. The third-order valence-electron chi connectivity index (χ3n) is 5.38. The Labute approximate surface area is 191 Å².